The van der Waals surface area contributed by atoms with Gasteiger partial charge in [0.15, 0.2) is 5.82 Å². The van der Waals surface area contributed by atoms with Gasteiger partial charge in [-0.1, -0.05) is 5.92 Å². The molecule has 6 heteroatoms. The average molecular weight is 319 g/mol. The molecule has 0 amide bonds. The number of pyridine rings is 1. The molecule has 0 radical (unpaired) electrons. The highest BCUT2D eigenvalue weighted by molar-refractivity contribution is 9.10. The Bertz CT molecular complexity index is 649. The van der Waals surface area contributed by atoms with E-state index in [9.17, 15) is 0 Å². The largest absolute Gasteiger partial charge is 0.470 e. The smallest absolute Gasteiger partial charge is 0.258 e. The number of hydrogen-bond acceptors (Lipinski definition) is 5. The summed E-state index contributed by atoms with van der Waals surface area (Å²) in [6, 6.07) is 3.71. The van der Waals surface area contributed by atoms with Crippen molar-refractivity contribution < 1.29 is 4.74 Å². The molecule has 96 valence electrons. The lowest BCUT2D eigenvalue weighted by Gasteiger charge is -2.07. The molecule has 0 aliphatic carbocycles. The normalized spacial score (nSPS) is 9.58. The van der Waals surface area contributed by atoms with Crippen LogP contribution in [0.5, 0.6) is 5.88 Å². The fraction of sp³-hybridized carbons (Fsp3) is 0.154. The van der Waals surface area contributed by atoms with Gasteiger partial charge in [0.2, 0.25) is 0 Å². The molecule has 0 bridgehead atoms. The molecule has 2 heterocycles. The maximum atomic E-state index is 5.68. The monoisotopic (exact) mass is 318 g/mol. The topological polar surface area (TPSA) is 73.9 Å². The number of aromatic nitrogens is 3. The third-order valence-electron chi connectivity index (χ3n) is 2.19. The minimum absolute atomic E-state index is 0.255. The van der Waals surface area contributed by atoms with Gasteiger partial charge in [0.1, 0.15) is 16.9 Å². The van der Waals surface area contributed by atoms with Gasteiger partial charge in [-0.3, -0.25) is 0 Å². The van der Waals surface area contributed by atoms with Crippen LogP contribution in [0.4, 0.5) is 5.82 Å². The fourth-order valence-corrected chi connectivity index (χ4v) is 1.64. The summed E-state index contributed by atoms with van der Waals surface area (Å²) in [6.45, 7) is 2.10. The molecule has 0 aliphatic heterocycles. The third kappa shape index (κ3) is 3.66. The molecule has 0 saturated carbocycles. The number of halogens is 1. The molecule has 19 heavy (non-hydrogen) atoms. The van der Waals surface area contributed by atoms with Gasteiger partial charge in [-0.05, 0) is 46.5 Å². The van der Waals surface area contributed by atoms with Crippen molar-refractivity contribution >= 4 is 21.7 Å². The first-order valence-electron chi connectivity index (χ1n) is 5.47. The van der Waals surface area contributed by atoms with Crippen LogP contribution in [0, 0.1) is 11.8 Å². The van der Waals surface area contributed by atoms with Crippen LogP contribution >= 0.6 is 15.9 Å². The summed E-state index contributed by atoms with van der Waals surface area (Å²) < 4.78 is 6.11. The quantitative estimate of drug-likeness (QED) is 0.878. The molecule has 2 aromatic rings. The summed E-state index contributed by atoms with van der Waals surface area (Å²) >= 11 is 3.22. The molecule has 0 aliphatic rings. The van der Waals surface area contributed by atoms with Crippen LogP contribution < -0.4 is 10.5 Å². The lowest BCUT2D eigenvalue weighted by atomic mass is 10.2. The van der Waals surface area contributed by atoms with Crippen LogP contribution in [0.2, 0.25) is 0 Å². The zero-order chi connectivity index (χ0) is 13.7. The second kappa shape index (κ2) is 6.16. The van der Waals surface area contributed by atoms with E-state index in [1.54, 1.807) is 13.1 Å². The molecule has 0 fully saturated rings. The van der Waals surface area contributed by atoms with Gasteiger partial charge >= 0.3 is 0 Å². The van der Waals surface area contributed by atoms with Crippen molar-refractivity contribution in [1.29, 1.82) is 0 Å². The Balaban J connectivity index is 2.11. The molecule has 5 nitrogen and oxygen atoms in total. The first-order chi connectivity index (χ1) is 9.19. The van der Waals surface area contributed by atoms with E-state index >= 15 is 0 Å². The SMILES string of the molecule is CC#Cc1cc(COc2nc(Br)cnc2N)ccn1. The van der Waals surface area contributed by atoms with E-state index in [1.807, 2.05) is 12.1 Å². The summed E-state index contributed by atoms with van der Waals surface area (Å²) in [5.74, 6) is 6.25. The molecule has 0 saturated heterocycles. The second-order valence-corrected chi connectivity index (χ2v) is 4.41. The van der Waals surface area contributed by atoms with E-state index in [2.05, 4.69) is 42.7 Å². The number of ether oxygens (including phenoxy) is 1. The lowest BCUT2D eigenvalue weighted by Crippen LogP contribution is -2.03. The van der Waals surface area contributed by atoms with Crippen molar-refractivity contribution in [2.45, 2.75) is 13.5 Å². The number of nitrogen functional groups attached to an aromatic ring is 1. The van der Waals surface area contributed by atoms with Crippen molar-refractivity contribution in [3.05, 3.63) is 40.4 Å². The van der Waals surface area contributed by atoms with Gasteiger partial charge < -0.3 is 10.5 Å². The zero-order valence-corrected chi connectivity index (χ0v) is 11.8. The predicted molar refractivity (Wildman–Crippen MR) is 75.3 cm³/mol. The van der Waals surface area contributed by atoms with Crippen LogP contribution in [0.25, 0.3) is 0 Å². The molecule has 0 spiro atoms. The molecule has 0 aromatic carbocycles. The van der Waals surface area contributed by atoms with Crippen LogP contribution in [0.15, 0.2) is 29.1 Å². The van der Waals surface area contributed by atoms with Crippen molar-refractivity contribution in [2.24, 2.45) is 0 Å². The minimum Gasteiger partial charge on any atom is -0.470 e. The van der Waals surface area contributed by atoms with Crippen molar-refractivity contribution in [3.8, 4) is 17.7 Å². The van der Waals surface area contributed by atoms with Gasteiger partial charge in [-0.15, -0.1) is 0 Å². The number of anilines is 1. The van der Waals surface area contributed by atoms with Crippen LogP contribution in [-0.4, -0.2) is 15.0 Å². The lowest BCUT2D eigenvalue weighted by molar-refractivity contribution is 0.294. The van der Waals surface area contributed by atoms with Gasteiger partial charge in [0.25, 0.3) is 5.88 Å². The van der Waals surface area contributed by atoms with E-state index in [0.717, 1.165) is 5.56 Å². The van der Waals surface area contributed by atoms with E-state index in [0.29, 0.717) is 22.8 Å². The molecule has 2 aromatic heterocycles. The highest BCUT2D eigenvalue weighted by Gasteiger charge is 2.05. The minimum atomic E-state index is 0.255. The van der Waals surface area contributed by atoms with Gasteiger partial charge in [-0.25, -0.2) is 15.0 Å². The van der Waals surface area contributed by atoms with Crippen molar-refractivity contribution in [2.75, 3.05) is 5.73 Å². The second-order valence-electron chi connectivity index (χ2n) is 3.60. The standard InChI is InChI=1S/C13H11BrN4O/c1-2-3-10-6-9(4-5-16-10)8-19-13-12(15)17-7-11(14)18-13/h4-7H,8H2,1H3,(H2,15,17). The van der Waals surface area contributed by atoms with Crippen LogP contribution in [0.3, 0.4) is 0 Å². The third-order valence-corrected chi connectivity index (χ3v) is 2.57. The summed E-state index contributed by atoms with van der Waals surface area (Å²) in [5, 5.41) is 0. The zero-order valence-electron chi connectivity index (χ0n) is 10.2. The molecule has 2 rings (SSSR count). The van der Waals surface area contributed by atoms with Gasteiger partial charge in [0.05, 0.1) is 6.20 Å². The summed E-state index contributed by atoms with van der Waals surface area (Å²) in [6.07, 6.45) is 3.21. The van der Waals surface area contributed by atoms with E-state index in [4.69, 9.17) is 10.5 Å². The number of nitrogens with two attached hydrogens (primary N) is 1. The number of hydrogen-bond donors (Lipinski definition) is 1. The Hall–Kier alpha value is -2.13. The predicted octanol–water partition coefficient (Wildman–Crippen LogP) is 2.17. The molecular formula is C13H11BrN4O. The Morgan fingerprint density at radius 3 is 3.05 bits per heavy atom. The van der Waals surface area contributed by atoms with Crippen LogP contribution in [0.1, 0.15) is 18.2 Å². The Labute approximate surface area is 119 Å². The molecule has 0 unspecified atom stereocenters. The Kier molecular flexibility index (Phi) is 4.31. The highest BCUT2D eigenvalue weighted by atomic mass is 79.9. The summed E-state index contributed by atoms with van der Waals surface area (Å²) in [7, 11) is 0. The maximum Gasteiger partial charge on any atom is 0.258 e. The first kappa shape index (κ1) is 13.3. The Morgan fingerprint density at radius 1 is 1.42 bits per heavy atom. The van der Waals surface area contributed by atoms with E-state index < -0.39 is 0 Å². The van der Waals surface area contributed by atoms with Crippen molar-refractivity contribution in [3.63, 3.8) is 0 Å². The highest BCUT2D eigenvalue weighted by Crippen LogP contribution is 2.19. The Morgan fingerprint density at radius 2 is 2.26 bits per heavy atom. The summed E-state index contributed by atoms with van der Waals surface area (Å²) in [5.41, 5.74) is 7.32. The van der Waals surface area contributed by atoms with Gasteiger partial charge in [-0.2, -0.15) is 0 Å². The molecule has 2 N–H and O–H groups in total. The average Bonchev–Trinajstić information content (AvgIpc) is 2.41. The van der Waals surface area contributed by atoms with Crippen molar-refractivity contribution in [1.82, 2.24) is 15.0 Å². The number of rotatable bonds is 3. The first-order valence-corrected chi connectivity index (χ1v) is 6.27. The maximum absolute atomic E-state index is 5.68. The molecular weight excluding hydrogens is 308 g/mol. The van der Waals surface area contributed by atoms with E-state index in [-0.39, 0.29) is 5.82 Å². The fourth-order valence-electron chi connectivity index (χ4n) is 1.38. The summed E-state index contributed by atoms with van der Waals surface area (Å²) in [4.78, 5) is 12.2. The van der Waals surface area contributed by atoms with Gasteiger partial charge in [0, 0.05) is 6.20 Å². The number of nitrogens with zero attached hydrogens (tertiary/aromatic N) is 3. The van der Waals surface area contributed by atoms with E-state index in [1.165, 1.54) is 6.20 Å². The molecule has 0 atom stereocenters. The van der Waals surface area contributed by atoms with Crippen LogP contribution in [-0.2, 0) is 6.61 Å².